The van der Waals surface area contributed by atoms with Crippen molar-refractivity contribution in [3.05, 3.63) is 84.6 Å². The quantitative estimate of drug-likeness (QED) is 0.655. The van der Waals surface area contributed by atoms with Crippen LogP contribution in [0.5, 0.6) is 0 Å². The van der Waals surface area contributed by atoms with Crippen LogP contribution in [0.1, 0.15) is 5.56 Å². The van der Waals surface area contributed by atoms with E-state index in [1.165, 1.54) is 5.56 Å². The van der Waals surface area contributed by atoms with E-state index in [9.17, 15) is 4.79 Å². The molecule has 0 fully saturated rings. The van der Waals surface area contributed by atoms with Crippen molar-refractivity contribution >= 4 is 23.2 Å². The standard InChI is InChI=1S/C19H18N4O/c24-19(22-16-9-5-2-6-10-16)23-18-12-11-17(14-21-18)20-13-15-7-3-1-4-8-15/h1-12,14,20H,13H2,(H2,21,22,23,24). The lowest BCUT2D eigenvalue weighted by Gasteiger charge is -2.09. The van der Waals surface area contributed by atoms with Gasteiger partial charge in [-0.05, 0) is 29.8 Å². The molecule has 5 heteroatoms. The lowest BCUT2D eigenvalue weighted by atomic mass is 10.2. The van der Waals surface area contributed by atoms with Crippen molar-refractivity contribution in [1.82, 2.24) is 4.98 Å². The van der Waals surface area contributed by atoms with Crippen LogP contribution in [0.4, 0.5) is 22.0 Å². The minimum atomic E-state index is -0.321. The number of anilines is 3. The predicted molar refractivity (Wildman–Crippen MR) is 97.1 cm³/mol. The molecule has 0 bridgehead atoms. The van der Waals surface area contributed by atoms with Gasteiger partial charge in [0.2, 0.25) is 0 Å². The molecule has 0 aliphatic rings. The van der Waals surface area contributed by atoms with Crippen LogP contribution in [0, 0.1) is 0 Å². The van der Waals surface area contributed by atoms with Gasteiger partial charge in [0.1, 0.15) is 5.82 Å². The number of nitrogens with zero attached hydrogens (tertiary/aromatic N) is 1. The van der Waals surface area contributed by atoms with Gasteiger partial charge in [0.05, 0.1) is 11.9 Å². The summed E-state index contributed by atoms with van der Waals surface area (Å²) in [4.78, 5) is 16.1. The number of carbonyl (C=O) groups excluding carboxylic acids is 1. The monoisotopic (exact) mass is 318 g/mol. The van der Waals surface area contributed by atoms with E-state index in [1.807, 2.05) is 54.6 Å². The van der Waals surface area contributed by atoms with Crippen LogP contribution in [-0.4, -0.2) is 11.0 Å². The third-order valence-electron chi connectivity index (χ3n) is 3.38. The molecule has 0 saturated heterocycles. The molecule has 3 N–H and O–H groups in total. The second-order valence-corrected chi connectivity index (χ2v) is 5.22. The zero-order valence-electron chi connectivity index (χ0n) is 13.1. The van der Waals surface area contributed by atoms with E-state index >= 15 is 0 Å². The molecule has 0 radical (unpaired) electrons. The molecule has 1 aromatic heterocycles. The van der Waals surface area contributed by atoms with Crippen molar-refractivity contribution in [2.24, 2.45) is 0 Å². The van der Waals surface area contributed by atoms with Gasteiger partial charge in [-0.25, -0.2) is 9.78 Å². The van der Waals surface area contributed by atoms with Crippen LogP contribution >= 0.6 is 0 Å². The average Bonchev–Trinajstić information content (AvgIpc) is 2.63. The Morgan fingerprint density at radius 3 is 2.17 bits per heavy atom. The molecule has 3 rings (SSSR count). The summed E-state index contributed by atoms with van der Waals surface area (Å²) in [6.07, 6.45) is 1.70. The van der Waals surface area contributed by atoms with E-state index in [0.29, 0.717) is 5.82 Å². The highest BCUT2D eigenvalue weighted by Crippen LogP contribution is 2.12. The van der Waals surface area contributed by atoms with Gasteiger partial charge in [-0.15, -0.1) is 0 Å². The van der Waals surface area contributed by atoms with E-state index in [-0.39, 0.29) is 6.03 Å². The minimum Gasteiger partial charge on any atom is -0.380 e. The maximum atomic E-state index is 11.9. The third-order valence-corrected chi connectivity index (χ3v) is 3.38. The first-order chi connectivity index (χ1) is 11.8. The molecular formula is C19H18N4O. The van der Waals surface area contributed by atoms with Gasteiger partial charge in [0, 0.05) is 12.2 Å². The van der Waals surface area contributed by atoms with Gasteiger partial charge in [-0.1, -0.05) is 48.5 Å². The number of aromatic nitrogens is 1. The van der Waals surface area contributed by atoms with Crippen molar-refractivity contribution in [2.75, 3.05) is 16.0 Å². The van der Waals surface area contributed by atoms with Crippen molar-refractivity contribution in [2.45, 2.75) is 6.54 Å². The second kappa shape index (κ2) is 7.78. The molecule has 0 atom stereocenters. The van der Waals surface area contributed by atoms with Gasteiger partial charge in [0.25, 0.3) is 0 Å². The molecule has 2 aromatic carbocycles. The number of amides is 2. The lowest BCUT2D eigenvalue weighted by Crippen LogP contribution is -2.19. The number of hydrogen-bond donors (Lipinski definition) is 3. The second-order valence-electron chi connectivity index (χ2n) is 5.22. The fraction of sp³-hybridized carbons (Fsp3) is 0.0526. The Morgan fingerprint density at radius 1 is 0.792 bits per heavy atom. The first-order valence-electron chi connectivity index (χ1n) is 7.66. The lowest BCUT2D eigenvalue weighted by molar-refractivity contribution is 0.262. The van der Waals surface area contributed by atoms with Crippen LogP contribution in [0.2, 0.25) is 0 Å². The van der Waals surface area contributed by atoms with E-state index < -0.39 is 0 Å². The summed E-state index contributed by atoms with van der Waals surface area (Å²) in [7, 11) is 0. The Balaban J connectivity index is 1.51. The number of pyridine rings is 1. The number of rotatable bonds is 5. The van der Waals surface area contributed by atoms with Crippen molar-refractivity contribution in [3.8, 4) is 0 Å². The fourth-order valence-corrected chi connectivity index (χ4v) is 2.17. The summed E-state index contributed by atoms with van der Waals surface area (Å²) in [5, 5.41) is 8.74. The van der Waals surface area contributed by atoms with Crippen molar-refractivity contribution in [1.29, 1.82) is 0 Å². The Kier molecular flexibility index (Phi) is 5.04. The summed E-state index contributed by atoms with van der Waals surface area (Å²) in [6, 6.07) is 22.7. The average molecular weight is 318 g/mol. The van der Waals surface area contributed by atoms with E-state index in [0.717, 1.165) is 17.9 Å². The van der Waals surface area contributed by atoms with Gasteiger partial charge in [0.15, 0.2) is 0 Å². The third kappa shape index (κ3) is 4.58. The van der Waals surface area contributed by atoms with E-state index in [1.54, 1.807) is 12.3 Å². The maximum absolute atomic E-state index is 11.9. The molecule has 5 nitrogen and oxygen atoms in total. The van der Waals surface area contributed by atoms with Crippen LogP contribution in [-0.2, 0) is 6.54 Å². The van der Waals surface area contributed by atoms with Crippen LogP contribution in [0.15, 0.2) is 79.0 Å². The molecule has 3 aromatic rings. The zero-order chi connectivity index (χ0) is 16.6. The summed E-state index contributed by atoms with van der Waals surface area (Å²) in [6.45, 7) is 0.726. The molecule has 0 aliphatic heterocycles. The first kappa shape index (κ1) is 15.6. The summed E-state index contributed by atoms with van der Waals surface area (Å²) >= 11 is 0. The summed E-state index contributed by atoms with van der Waals surface area (Å²) < 4.78 is 0. The minimum absolute atomic E-state index is 0.321. The van der Waals surface area contributed by atoms with Crippen molar-refractivity contribution < 1.29 is 4.79 Å². The number of hydrogen-bond acceptors (Lipinski definition) is 3. The van der Waals surface area contributed by atoms with Crippen LogP contribution in [0.25, 0.3) is 0 Å². The largest absolute Gasteiger partial charge is 0.380 e. The molecule has 24 heavy (non-hydrogen) atoms. The van der Waals surface area contributed by atoms with Crippen molar-refractivity contribution in [3.63, 3.8) is 0 Å². The smallest absolute Gasteiger partial charge is 0.324 e. The van der Waals surface area contributed by atoms with E-state index in [4.69, 9.17) is 0 Å². The normalized spacial score (nSPS) is 10.0. The van der Waals surface area contributed by atoms with E-state index in [2.05, 4.69) is 33.1 Å². The number of nitrogens with one attached hydrogen (secondary N) is 3. The van der Waals surface area contributed by atoms with Gasteiger partial charge < -0.3 is 10.6 Å². The molecule has 2 amide bonds. The zero-order valence-corrected chi connectivity index (χ0v) is 13.1. The number of benzene rings is 2. The molecule has 0 aliphatic carbocycles. The summed E-state index contributed by atoms with van der Waals surface area (Å²) in [5.41, 5.74) is 2.82. The van der Waals surface area contributed by atoms with Gasteiger partial charge in [-0.2, -0.15) is 0 Å². The van der Waals surface area contributed by atoms with Gasteiger partial charge in [-0.3, -0.25) is 5.32 Å². The van der Waals surface area contributed by atoms with Crippen LogP contribution in [0.3, 0.4) is 0 Å². The molecule has 120 valence electrons. The first-order valence-corrected chi connectivity index (χ1v) is 7.66. The number of carbonyl (C=O) groups is 1. The Labute approximate surface area is 140 Å². The maximum Gasteiger partial charge on any atom is 0.324 e. The molecule has 0 unspecified atom stereocenters. The molecule has 0 spiro atoms. The number of para-hydroxylation sites is 1. The molecule has 1 heterocycles. The number of urea groups is 1. The SMILES string of the molecule is O=C(Nc1ccccc1)Nc1ccc(NCc2ccccc2)cn1. The predicted octanol–water partition coefficient (Wildman–Crippen LogP) is 4.34. The Hall–Kier alpha value is -3.34. The highest BCUT2D eigenvalue weighted by Gasteiger charge is 2.03. The Bertz CT molecular complexity index is 773. The fourth-order valence-electron chi connectivity index (χ4n) is 2.17. The topological polar surface area (TPSA) is 66.1 Å². The highest BCUT2D eigenvalue weighted by molar-refractivity contribution is 5.99. The molecule has 0 saturated carbocycles. The van der Waals surface area contributed by atoms with Crippen LogP contribution < -0.4 is 16.0 Å². The Morgan fingerprint density at radius 2 is 1.50 bits per heavy atom. The highest BCUT2D eigenvalue weighted by atomic mass is 16.2. The van der Waals surface area contributed by atoms with Gasteiger partial charge >= 0.3 is 6.03 Å². The summed E-state index contributed by atoms with van der Waals surface area (Å²) in [5.74, 6) is 0.494. The molecular weight excluding hydrogens is 300 g/mol.